The lowest BCUT2D eigenvalue weighted by atomic mass is 9.94. The van der Waals surface area contributed by atoms with Crippen molar-refractivity contribution in [1.82, 2.24) is 9.96 Å². The minimum Gasteiger partial charge on any atom is -0.332 e. The maximum absolute atomic E-state index is 4.07. The molecule has 2 unspecified atom stereocenters. The van der Waals surface area contributed by atoms with Crippen molar-refractivity contribution in [2.24, 2.45) is 0 Å². The average molecular weight is 625 g/mol. The van der Waals surface area contributed by atoms with E-state index in [0.717, 1.165) is 0 Å². The topological polar surface area (TPSA) is 24.1 Å². The fourth-order valence-corrected chi connectivity index (χ4v) is 17.6. The summed E-state index contributed by atoms with van der Waals surface area (Å²) in [5.41, 5.74) is 18.5. The molecule has 2 nitrogen and oxygen atoms in total. The molecule has 2 N–H and O–H groups in total. The van der Waals surface area contributed by atoms with E-state index in [1.807, 2.05) is 0 Å². The van der Waals surface area contributed by atoms with Gasteiger partial charge in [0.05, 0.1) is 0 Å². The average Bonchev–Trinajstić information content (AvgIpc) is 3.26. The molecule has 0 amide bonds. The zero-order valence-corrected chi connectivity index (χ0v) is 32.8. The van der Waals surface area contributed by atoms with Crippen LogP contribution in [0.3, 0.4) is 0 Å². The zero-order valence-electron chi connectivity index (χ0n) is 30.8. The molecule has 2 aliphatic carbocycles. The molecule has 0 saturated carbocycles. The third-order valence-corrected chi connectivity index (χ3v) is 17.2. The Hall–Kier alpha value is -2.25. The highest BCUT2D eigenvalue weighted by molar-refractivity contribution is 6.79. The fraction of sp³-hybridized carbons (Fsp3) is 0.500. The van der Waals surface area contributed by atoms with Gasteiger partial charge in [0.25, 0.3) is 0 Å². The summed E-state index contributed by atoms with van der Waals surface area (Å²) < 4.78 is 0. The van der Waals surface area contributed by atoms with Gasteiger partial charge in [0.2, 0.25) is 0 Å². The Labute approximate surface area is 272 Å². The Balaban J connectivity index is 1.65. The second kappa shape index (κ2) is 11.8. The zero-order chi connectivity index (χ0) is 33.2. The third kappa shape index (κ3) is 6.79. The predicted octanol–water partition coefficient (Wildman–Crippen LogP) is 11.5. The van der Waals surface area contributed by atoms with Gasteiger partial charge in [-0.05, 0) is 139 Å². The largest absolute Gasteiger partial charge is 0.332 e. The van der Waals surface area contributed by atoms with E-state index in [9.17, 15) is 0 Å². The van der Waals surface area contributed by atoms with Crippen molar-refractivity contribution in [2.45, 2.75) is 131 Å². The van der Waals surface area contributed by atoms with Crippen molar-refractivity contribution in [1.29, 1.82) is 0 Å². The van der Waals surface area contributed by atoms with Crippen LogP contribution >= 0.6 is 0 Å². The van der Waals surface area contributed by atoms with Crippen molar-refractivity contribution in [3.63, 3.8) is 0 Å². The second-order valence-corrected chi connectivity index (χ2v) is 25.4. The van der Waals surface area contributed by atoms with Crippen LogP contribution in [0.25, 0.3) is 22.3 Å². The summed E-state index contributed by atoms with van der Waals surface area (Å²) in [6.45, 7) is 37.8. The monoisotopic (exact) mass is 624 g/mol. The maximum Gasteiger partial charge on any atom is 0.131 e. The third-order valence-electron chi connectivity index (χ3n) is 10.1. The number of benzene rings is 2. The summed E-state index contributed by atoms with van der Waals surface area (Å²) in [5.74, 6) is 0. The minimum atomic E-state index is -1.82. The first-order valence-electron chi connectivity index (χ1n) is 16.6. The highest BCUT2D eigenvalue weighted by Crippen LogP contribution is 2.52. The number of nitrogens with one attached hydrogen (secondary N) is 2. The van der Waals surface area contributed by atoms with Crippen LogP contribution in [0, 0.1) is 0 Å². The number of rotatable bonds is 7. The van der Waals surface area contributed by atoms with Gasteiger partial charge in [0.15, 0.2) is 0 Å². The quantitative estimate of drug-likeness (QED) is 0.299. The first-order valence-corrected chi connectivity index (χ1v) is 22.8. The van der Waals surface area contributed by atoms with Crippen LogP contribution in [0.15, 0.2) is 82.0 Å². The first kappa shape index (κ1) is 34.6. The summed E-state index contributed by atoms with van der Waals surface area (Å²) in [4.78, 5) is 8.14. The van der Waals surface area contributed by atoms with Gasteiger partial charge in [0, 0.05) is 22.2 Å². The molecule has 0 heterocycles. The molecule has 4 rings (SSSR count). The molecule has 2 aromatic rings. The molecule has 2 aromatic carbocycles. The van der Waals surface area contributed by atoms with Crippen molar-refractivity contribution in [3.8, 4) is 11.1 Å². The van der Waals surface area contributed by atoms with Gasteiger partial charge in [-0.3, -0.25) is 0 Å². The molecule has 44 heavy (non-hydrogen) atoms. The van der Waals surface area contributed by atoms with Gasteiger partial charge in [-0.2, -0.15) is 0 Å². The van der Waals surface area contributed by atoms with Crippen molar-refractivity contribution in [3.05, 3.63) is 93.1 Å². The van der Waals surface area contributed by atoms with E-state index in [1.165, 1.54) is 55.7 Å². The molecule has 238 valence electrons. The highest BCUT2D eigenvalue weighted by atomic mass is 28.3. The predicted molar refractivity (Wildman–Crippen MR) is 202 cm³/mol. The molecule has 0 aromatic heterocycles. The van der Waals surface area contributed by atoms with E-state index in [2.05, 4.69) is 168 Å². The number of hydrogen-bond donors (Lipinski definition) is 2. The normalized spacial score (nSPS) is 20.5. The summed E-state index contributed by atoms with van der Waals surface area (Å²) in [6.07, 6.45) is 0. The Morgan fingerprint density at radius 3 is 0.932 bits per heavy atom. The molecule has 0 aliphatic heterocycles. The highest BCUT2D eigenvalue weighted by Gasteiger charge is 2.44. The van der Waals surface area contributed by atoms with Crippen LogP contribution in [0.2, 0.25) is 37.3 Å². The van der Waals surface area contributed by atoms with E-state index in [-0.39, 0.29) is 11.1 Å². The van der Waals surface area contributed by atoms with Crippen LogP contribution < -0.4 is 9.96 Å². The van der Waals surface area contributed by atoms with E-state index in [1.54, 1.807) is 11.1 Å². The van der Waals surface area contributed by atoms with E-state index in [4.69, 9.17) is 0 Å². The van der Waals surface area contributed by atoms with Gasteiger partial charge in [-0.1, -0.05) is 85.9 Å². The van der Waals surface area contributed by atoms with Crippen molar-refractivity contribution < 1.29 is 0 Å². The van der Waals surface area contributed by atoms with Gasteiger partial charge in [-0.15, -0.1) is 0 Å². The van der Waals surface area contributed by atoms with E-state index in [0.29, 0.717) is 11.1 Å². The van der Waals surface area contributed by atoms with E-state index >= 15 is 0 Å². The van der Waals surface area contributed by atoms with Crippen LogP contribution in [0.1, 0.15) is 94.2 Å². The smallest absolute Gasteiger partial charge is 0.131 e. The maximum atomic E-state index is 4.07. The molecular formula is C40H60N2Si2. The Kier molecular flexibility index (Phi) is 9.32. The molecule has 2 aliphatic rings. The molecule has 0 fully saturated rings. The minimum absolute atomic E-state index is 0.100. The molecule has 0 radical (unpaired) electrons. The summed E-state index contributed by atoms with van der Waals surface area (Å²) >= 11 is 0. The second-order valence-electron chi connectivity index (χ2n) is 16.9. The van der Waals surface area contributed by atoms with Crippen molar-refractivity contribution >= 4 is 27.6 Å². The Morgan fingerprint density at radius 2 is 0.682 bits per heavy atom. The molecule has 0 bridgehead atoms. The lowest BCUT2D eigenvalue weighted by Crippen LogP contribution is -2.57. The Morgan fingerprint density at radius 1 is 0.432 bits per heavy atom. The van der Waals surface area contributed by atoms with E-state index < -0.39 is 16.5 Å². The molecule has 0 saturated heterocycles. The van der Waals surface area contributed by atoms with Crippen LogP contribution in [0.4, 0.5) is 0 Å². The standard InChI is InChI=1S/C40H60N2Si2/c1-25-27(3)35(37(29(25)5)43(13,14)41-39(7,8)9)33-21-17-31(18-22-33)32-19-23-34(24-20-32)36-28(4)26(2)30(6)38(36)44(15,16)42-40(10,11)12/h17-24,37-38,41-42H,1-16H3. The number of hydrogen-bond acceptors (Lipinski definition) is 2. The molecule has 4 heteroatoms. The summed E-state index contributed by atoms with van der Waals surface area (Å²) in [6, 6.07) is 18.8. The van der Waals surface area contributed by atoms with Crippen LogP contribution in [0.5, 0.6) is 0 Å². The SMILES string of the molecule is CC1=C(C)C([Si](C)(C)NC(C)(C)C)C(c2ccc(-c3ccc(C4=C(C)C(C)=C(C)C4[Si](C)(C)NC(C)(C)C)cc3)cc2)=C1C. The first-order chi connectivity index (χ1) is 20.1. The van der Waals surface area contributed by atoms with Gasteiger partial charge < -0.3 is 9.96 Å². The van der Waals surface area contributed by atoms with Crippen molar-refractivity contribution in [2.75, 3.05) is 0 Å². The number of allylic oxidation sites excluding steroid dienone is 8. The molecular weight excluding hydrogens is 565 g/mol. The van der Waals surface area contributed by atoms with Gasteiger partial charge >= 0.3 is 0 Å². The molecule has 0 spiro atoms. The molecule has 2 atom stereocenters. The lowest BCUT2D eigenvalue weighted by molar-refractivity contribution is 0.509. The Bertz CT molecular complexity index is 1430. The summed E-state index contributed by atoms with van der Waals surface area (Å²) in [5, 5.41) is 0. The fourth-order valence-electron chi connectivity index (χ4n) is 8.63. The van der Waals surface area contributed by atoms with Gasteiger partial charge in [0.1, 0.15) is 16.5 Å². The summed E-state index contributed by atoms with van der Waals surface area (Å²) in [7, 11) is -3.64. The lowest BCUT2D eigenvalue weighted by Gasteiger charge is -2.40. The van der Waals surface area contributed by atoms with Gasteiger partial charge in [-0.25, -0.2) is 0 Å². The van der Waals surface area contributed by atoms with Crippen LogP contribution in [-0.2, 0) is 0 Å². The van der Waals surface area contributed by atoms with Crippen LogP contribution in [-0.4, -0.2) is 27.5 Å².